The van der Waals surface area contributed by atoms with Crippen LogP contribution in [0.3, 0.4) is 0 Å². The number of ether oxygens (including phenoxy) is 2. The maximum Gasteiger partial charge on any atom is 0.358 e. The number of esters is 1. The summed E-state index contributed by atoms with van der Waals surface area (Å²) in [5.74, 6) is 0.447. The third-order valence-electron chi connectivity index (χ3n) is 3.60. The van der Waals surface area contributed by atoms with Gasteiger partial charge in [-0.05, 0) is 12.1 Å². The number of pyridine rings is 1. The Labute approximate surface area is 143 Å². The number of methoxy groups -OCH3 is 1. The van der Waals surface area contributed by atoms with Gasteiger partial charge in [-0.15, -0.1) is 0 Å². The van der Waals surface area contributed by atoms with Gasteiger partial charge < -0.3 is 20.1 Å². The molecule has 0 radical (unpaired) electrons. The van der Waals surface area contributed by atoms with Crippen LogP contribution in [-0.2, 0) is 9.47 Å². The molecule has 3 heterocycles. The predicted molar refractivity (Wildman–Crippen MR) is 89.1 cm³/mol. The molecule has 0 atom stereocenters. The summed E-state index contributed by atoms with van der Waals surface area (Å²) in [6.45, 7) is 2.96. The van der Waals surface area contributed by atoms with Gasteiger partial charge in [0, 0.05) is 24.8 Å². The second kappa shape index (κ2) is 6.98. The van der Waals surface area contributed by atoms with Crippen LogP contribution in [0, 0.1) is 0 Å². The Balaban J connectivity index is 1.91. The van der Waals surface area contributed by atoms with E-state index >= 15 is 0 Å². The summed E-state index contributed by atoms with van der Waals surface area (Å²) in [5.41, 5.74) is 6.32. The average molecular weight is 350 g/mol. The maximum absolute atomic E-state index is 11.7. The lowest BCUT2D eigenvalue weighted by atomic mass is 10.2. The number of rotatable bonds is 3. The highest BCUT2D eigenvalue weighted by molar-refractivity contribution is 6.35. The van der Waals surface area contributed by atoms with Gasteiger partial charge in [-0.2, -0.15) is 0 Å². The van der Waals surface area contributed by atoms with Crippen LogP contribution in [0.5, 0.6) is 0 Å². The lowest BCUT2D eigenvalue weighted by Crippen LogP contribution is -2.36. The van der Waals surface area contributed by atoms with Gasteiger partial charge in [0.2, 0.25) is 0 Å². The molecule has 1 saturated heterocycles. The molecule has 0 amide bonds. The average Bonchev–Trinajstić information content (AvgIpc) is 2.64. The molecular formula is C15H16ClN5O3. The first-order chi connectivity index (χ1) is 11.6. The van der Waals surface area contributed by atoms with Crippen molar-refractivity contribution in [2.24, 2.45) is 0 Å². The summed E-state index contributed by atoms with van der Waals surface area (Å²) in [5, 5.41) is -0.0245. The minimum absolute atomic E-state index is 0.0133. The van der Waals surface area contributed by atoms with Crippen LogP contribution in [0.15, 0.2) is 18.3 Å². The molecule has 1 fully saturated rings. The highest BCUT2D eigenvalue weighted by atomic mass is 35.5. The van der Waals surface area contributed by atoms with Crippen molar-refractivity contribution in [1.29, 1.82) is 0 Å². The summed E-state index contributed by atoms with van der Waals surface area (Å²) in [7, 11) is 1.25. The molecule has 0 spiro atoms. The Bertz CT molecular complexity index is 748. The molecule has 9 heteroatoms. The first-order valence-electron chi connectivity index (χ1n) is 7.30. The fourth-order valence-corrected chi connectivity index (χ4v) is 2.48. The fraction of sp³-hybridized carbons (Fsp3) is 0.333. The van der Waals surface area contributed by atoms with Crippen molar-refractivity contribution in [3.8, 4) is 11.4 Å². The molecule has 0 bridgehead atoms. The van der Waals surface area contributed by atoms with Crippen molar-refractivity contribution in [3.63, 3.8) is 0 Å². The Kier molecular flexibility index (Phi) is 4.77. The molecule has 24 heavy (non-hydrogen) atoms. The van der Waals surface area contributed by atoms with Crippen LogP contribution < -0.4 is 10.6 Å². The number of morpholine rings is 1. The van der Waals surface area contributed by atoms with Crippen LogP contribution in [0.1, 0.15) is 10.5 Å². The Morgan fingerprint density at radius 1 is 1.33 bits per heavy atom. The molecule has 126 valence electrons. The van der Waals surface area contributed by atoms with E-state index in [0.29, 0.717) is 18.8 Å². The van der Waals surface area contributed by atoms with E-state index in [9.17, 15) is 4.79 Å². The van der Waals surface area contributed by atoms with E-state index in [2.05, 4.69) is 24.6 Å². The zero-order valence-corrected chi connectivity index (χ0v) is 13.8. The standard InChI is InChI=1S/C15H16ClN5O3/c1-23-15(22)12-11(16)13(17)20-14(19-12)9-2-3-10(18-8-9)21-4-6-24-7-5-21/h2-3,8H,4-7H2,1H3,(H2,17,19,20). The van der Waals surface area contributed by atoms with Crippen molar-refractivity contribution >= 4 is 29.2 Å². The summed E-state index contributed by atoms with van der Waals surface area (Å²) in [6.07, 6.45) is 1.63. The molecule has 1 aliphatic rings. The van der Waals surface area contributed by atoms with E-state index in [1.807, 2.05) is 12.1 Å². The summed E-state index contributed by atoms with van der Waals surface area (Å²) < 4.78 is 9.98. The van der Waals surface area contributed by atoms with Crippen LogP contribution in [0.25, 0.3) is 11.4 Å². The number of aromatic nitrogens is 3. The smallest absolute Gasteiger partial charge is 0.358 e. The zero-order valence-electron chi connectivity index (χ0n) is 13.0. The molecule has 0 unspecified atom stereocenters. The molecule has 0 aliphatic carbocycles. The Hall–Kier alpha value is -2.45. The van der Waals surface area contributed by atoms with Crippen molar-refractivity contribution in [1.82, 2.24) is 15.0 Å². The van der Waals surface area contributed by atoms with Gasteiger partial charge in [0.1, 0.15) is 16.7 Å². The third-order valence-corrected chi connectivity index (χ3v) is 3.97. The number of anilines is 2. The second-order valence-electron chi connectivity index (χ2n) is 5.09. The van der Waals surface area contributed by atoms with Gasteiger partial charge in [-0.1, -0.05) is 11.6 Å². The predicted octanol–water partition coefficient (Wildman–Crippen LogP) is 1.40. The fourth-order valence-electron chi connectivity index (χ4n) is 2.32. The van der Waals surface area contributed by atoms with Gasteiger partial charge in [-0.25, -0.2) is 19.7 Å². The van der Waals surface area contributed by atoms with E-state index < -0.39 is 5.97 Å². The van der Waals surface area contributed by atoms with E-state index in [4.69, 9.17) is 22.1 Å². The molecule has 8 nitrogen and oxygen atoms in total. The van der Waals surface area contributed by atoms with Crippen molar-refractivity contribution in [2.75, 3.05) is 44.0 Å². The minimum atomic E-state index is -0.673. The van der Waals surface area contributed by atoms with Crippen LogP contribution >= 0.6 is 11.6 Å². The zero-order chi connectivity index (χ0) is 17.1. The van der Waals surface area contributed by atoms with E-state index in [1.54, 1.807) is 6.20 Å². The number of hydrogen-bond acceptors (Lipinski definition) is 8. The normalized spacial score (nSPS) is 14.5. The molecule has 0 aromatic carbocycles. The summed E-state index contributed by atoms with van der Waals surface area (Å²) in [6, 6.07) is 3.69. The van der Waals surface area contributed by atoms with Gasteiger partial charge >= 0.3 is 5.97 Å². The first-order valence-corrected chi connectivity index (χ1v) is 7.68. The number of carbonyl (C=O) groups is 1. The summed E-state index contributed by atoms with van der Waals surface area (Å²) >= 11 is 5.97. The first kappa shape index (κ1) is 16.4. The van der Waals surface area contributed by atoms with E-state index in [0.717, 1.165) is 18.9 Å². The van der Waals surface area contributed by atoms with Gasteiger partial charge in [0.25, 0.3) is 0 Å². The topological polar surface area (TPSA) is 103 Å². The number of nitrogens with zero attached hydrogens (tertiary/aromatic N) is 4. The molecular weight excluding hydrogens is 334 g/mol. The van der Waals surface area contributed by atoms with Gasteiger partial charge in [0.15, 0.2) is 11.5 Å². The number of nitrogen functional groups attached to an aromatic ring is 1. The number of carbonyl (C=O) groups excluding carboxylic acids is 1. The van der Waals surface area contributed by atoms with Crippen molar-refractivity contribution < 1.29 is 14.3 Å². The van der Waals surface area contributed by atoms with E-state index in [1.165, 1.54) is 7.11 Å². The molecule has 2 N–H and O–H groups in total. The SMILES string of the molecule is COC(=O)c1nc(-c2ccc(N3CCOCC3)nc2)nc(N)c1Cl. The van der Waals surface area contributed by atoms with Gasteiger partial charge in [0.05, 0.1) is 20.3 Å². The van der Waals surface area contributed by atoms with Crippen molar-refractivity contribution in [3.05, 3.63) is 29.0 Å². The van der Waals surface area contributed by atoms with Crippen LogP contribution in [-0.4, -0.2) is 54.3 Å². The molecule has 3 rings (SSSR count). The second-order valence-corrected chi connectivity index (χ2v) is 5.47. The monoisotopic (exact) mass is 349 g/mol. The molecule has 2 aromatic heterocycles. The lowest BCUT2D eigenvalue weighted by molar-refractivity contribution is 0.0594. The summed E-state index contributed by atoms with van der Waals surface area (Å²) in [4.78, 5) is 26.6. The third kappa shape index (κ3) is 3.24. The van der Waals surface area contributed by atoms with Crippen LogP contribution in [0.2, 0.25) is 5.02 Å². The Morgan fingerprint density at radius 3 is 2.71 bits per heavy atom. The quantitative estimate of drug-likeness (QED) is 0.829. The Morgan fingerprint density at radius 2 is 2.08 bits per heavy atom. The minimum Gasteiger partial charge on any atom is -0.464 e. The van der Waals surface area contributed by atoms with Crippen LogP contribution in [0.4, 0.5) is 11.6 Å². The number of hydrogen-bond donors (Lipinski definition) is 1. The largest absolute Gasteiger partial charge is 0.464 e. The van der Waals surface area contributed by atoms with Crippen molar-refractivity contribution in [2.45, 2.75) is 0 Å². The highest BCUT2D eigenvalue weighted by Crippen LogP contribution is 2.26. The molecule has 2 aromatic rings. The number of halogens is 1. The van der Waals surface area contributed by atoms with Gasteiger partial charge in [-0.3, -0.25) is 0 Å². The van der Waals surface area contributed by atoms with E-state index in [-0.39, 0.29) is 22.4 Å². The maximum atomic E-state index is 11.7. The highest BCUT2D eigenvalue weighted by Gasteiger charge is 2.19. The molecule has 0 saturated carbocycles. The lowest BCUT2D eigenvalue weighted by Gasteiger charge is -2.27. The number of nitrogens with two attached hydrogens (primary N) is 1. The molecule has 1 aliphatic heterocycles.